The summed E-state index contributed by atoms with van der Waals surface area (Å²) in [7, 11) is 0. The fraction of sp³-hybridized carbons (Fsp3) is 0.375. The maximum absolute atomic E-state index is 12.0. The number of hydrogen-bond donors (Lipinski definition) is 3. The van der Waals surface area contributed by atoms with Crippen LogP contribution in [0.15, 0.2) is 23.7 Å². The zero-order valence-corrected chi connectivity index (χ0v) is 13.2. The van der Waals surface area contributed by atoms with Gasteiger partial charge in [-0.25, -0.2) is 9.78 Å². The molecule has 2 amide bonds. The van der Waals surface area contributed by atoms with Crippen molar-refractivity contribution >= 4 is 17.4 Å². The minimum Gasteiger partial charge on any atom is -0.508 e. The minimum atomic E-state index is -0.164. The topological polar surface area (TPSA) is 74.2 Å². The maximum Gasteiger partial charge on any atom is 0.315 e. The zero-order chi connectivity index (χ0) is 15.5. The van der Waals surface area contributed by atoms with Gasteiger partial charge in [-0.3, -0.25) is 0 Å². The highest BCUT2D eigenvalue weighted by Crippen LogP contribution is 2.36. The van der Waals surface area contributed by atoms with Crippen LogP contribution in [0.5, 0.6) is 5.75 Å². The van der Waals surface area contributed by atoms with Crippen molar-refractivity contribution in [2.24, 2.45) is 0 Å². The van der Waals surface area contributed by atoms with Gasteiger partial charge in [0.1, 0.15) is 5.75 Å². The SMILES string of the molecule is Cc1ncsc1CCNC(=O)NC1CCc2c(O)cccc21. The summed E-state index contributed by atoms with van der Waals surface area (Å²) in [6, 6.07) is 5.29. The van der Waals surface area contributed by atoms with Crippen molar-refractivity contribution < 1.29 is 9.90 Å². The molecular formula is C16H19N3O2S. The largest absolute Gasteiger partial charge is 0.508 e. The monoisotopic (exact) mass is 317 g/mol. The van der Waals surface area contributed by atoms with Gasteiger partial charge in [-0.2, -0.15) is 0 Å². The molecule has 2 aromatic rings. The number of phenols is 1. The molecule has 1 aromatic heterocycles. The molecule has 1 aliphatic rings. The quantitative estimate of drug-likeness (QED) is 0.811. The summed E-state index contributed by atoms with van der Waals surface area (Å²) in [5.41, 5.74) is 4.83. The molecule has 5 nitrogen and oxygen atoms in total. The first-order chi connectivity index (χ1) is 10.6. The number of fused-ring (bicyclic) bond motifs is 1. The second-order valence-electron chi connectivity index (χ2n) is 5.45. The first kappa shape index (κ1) is 14.8. The van der Waals surface area contributed by atoms with Gasteiger partial charge in [-0.15, -0.1) is 11.3 Å². The van der Waals surface area contributed by atoms with Crippen molar-refractivity contribution in [3.63, 3.8) is 0 Å². The lowest BCUT2D eigenvalue weighted by atomic mass is 10.1. The summed E-state index contributed by atoms with van der Waals surface area (Å²) in [5.74, 6) is 0.322. The normalized spacial score (nSPS) is 16.3. The van der Waals surface area contributed by atoms with Gasteiger partial charge < -0.3 is 15.7 Å². The molecule has 1 aliphatic carbocycles. The maximum atomic E-state index is 12.0. The highest BCUT2D eigenvalue weighted by Gasteiger charge is 2.25. The smallest absolute Gasteiger partial charge is 0.315 e. The van der Waals surface area contributed by atoms with Crippen LogP contribution in [0.3, 0.4) is 0 Å². The van der Waals surface area contributed by atoms with Crippen molar-refractivity contribution in [3.05, 3.63) is 45.4 Å². The van der Waals surface area contributed by atoms with E-state index in [-0.39, 0.29) is 12.1 Å². The van der Waals surface area contributed by atoms with E-state index in [1.165, 1.54) is 4.88 Å². The number of thiazole rings is 1. The van der Waals surface area contributed by atoms with Crippen LogP contribution in [-0.4, -0.2) is 22.7 Å². The van der Waals surface area contributed by atoms with Crippen LogP contribution in [-0.2, 0) is 12.8 Å². The third-order valence-electron chi connectivity index (χ3n) is 4.03. The van der Waals surface area contributed by atoms with Crippen molar-refractivity contribution in [2.45, 2.75) is 32.2 Å². The predicted molar refractivity (Wildman–Crippen MR) is 86.3 cm³/mol. The molecule has 0 fully saturated rings. The van der Waals surface area contributed by atoms with Crippen molar-refractivity contribution in [2.75, 3.05) is 6.54 Å². The molecule has 0 radical (unpaired) electrons. The van der Waals surface area contributed by atoms with E-state index < -0.39 is 0 Å². The number of carbonyl (C=O) groups excluding carboxylic acids is 1. The minimum absolute atomic E-state index is 0.0211. The van der Waals surface area contributed by atoms with Crippen LogP contribution in [0.2, 0.25) is 0 Å². The fourth-order valence-corrected chi connectivity index (χ4v) is 3.63. The highest BCUT2D eigenvalue weighted by atomic mass is 32.1. The average Bonchev–Trinajstić information content (AvgIpc) is 3.08. The van der Waals surface area contributed by atoms with E-state index in [9.17, 15) is 9.90 Å². The lowest BCUT2D eigenvalue weighted by Gasteiger charge is -2.15. The van der Waals surface area contributed by atoms with E-state index in [1.54, 1.807) is 17.4 Å². The Kier molecular flexibility index (Phi) is 4.29. The number of aryl methyl sites for hydroxylation is 1. The number of urea groups is 1. The Balaban J connectivity index is 1.51. The fourth-order valence-electron chi connectivity index (χ4n) is 2.85. The molecule has 6 heteroatoms. The summed E-state index contributed by atoms with van der Waals surface area (Å²) < 4.78 is 0. The molecule has 1 atom stereocenters. The van der Waals surface area contributed by atoms with Crippen LogP contribution in [0, 0.1) is 6.92 Å². The van der Waals surface area contributed by atoms with Crippen LogP contribution in [0.25, 0.3) is 0 Å². The van der Waals surface area contributed by atoms with Crippen molar-refractivity contribution in [3.8, 4) is 5.75 Å². The molecule has 0 bridgehead atoms. The van der Waals surface area contributed by atoms with E-state index in [4.69, 9.17) is 0 Å². The number of nitrogens with one attached hydrogen (secondary N) is 2. The number of hydrogen-bond acceptors (Lipinski definition) is 4. The van der Waals surface area contributed by atoms with E-state index in [0.717, 1.165) is 36.1 Å². The Labute approximate surface area is 133 Å². The number of phenolic OH excluding ortho intramolecular Hbond substituents is 1. The Morgan fingerprint density at radius 2 is 2.36 bits per heavy atom. The van der Waals surface area contributed by atoms with Gasteiger partial charge in [0, 0.05) is 17.8 Å². The molecule has 1 aromatic carbocycles. The molecule has 1 unspecified atom stereocenters. The third kappa shape index (κ3) is 3.06. The molecule has 0 aliphatic heterocycles. The van der Waals surface area contributed by atoms with Gasteiger partial charge in [0.15, 0.2) is 0 Å². The summed E-state index contributed by atoms with van der Waals surface area (Å²) in [6.07, 6.45) is 2.42. The Bertz CT molecular complexity index is 684. The number of rotatable bonds is 4. The molecule has 1 heterocycles. The first-order valence-corrected chi connectivity index (χ1v) is 8.27. The van der Waals surface area contributed by atoms with Crippen LogP contribution in [0.4, 0.5) is 4.79 Å². The third-order valence-corrected chi connectivity index (χ3v) is 5.03. The number of nitrogens with zero attached hydrogens (tertiary/aromatic N) is 1. The molecular weight excluding hydrogens is 298 g/mol. The second kappa shape index (κ2) is 6.36. The first-order valence-electron chi connectivity index (χ1n) is 7.39. The van der Waals surface area contributed by atoms with Gasteiger partial charge in [0.25, 0.3) is 0 Å². The van der Waals surface area contributed by atoms with Gasteiger partial charge in [-0.1, -0.05) is 12.1 Å². The second-order valence-corrected chi connectivity index (χ2v) is 6.39. The van der Waals surface area contributed by atoms with Crippen LogP contribution < -0.4 is 10.6 Å². The molecule has 0 saturated heterocycles. The molecule has 3 rings (SSSR count). The Morgan fingerprint density at radius 1 is 1.50 bits per heavy atom. The predicted octanol–water partition coefficient (Wildman–Crippen LogP) is 2.69. The molecule has 22 heavy (non-hydrogen) atoms. The number of carbonyl (C=O) groups is 1. The molecule has 0 saturated carbocycles. The molecule has 3 N–H and O–H groups in total. The van der Waals surface area contributed by atoms with Gasteiger partial charge in [-0.05, 0) is 37.0 Å². The summed E-state index contributed by atoms with van der Waals surface area (Å²) in [4.78, 5) is 17.4. The number of benzene rings is 1. The Hall–Kier alpha value is -2.08. The standard InChI is InChI=1S/C16H19N3O2S/c1-10-15(22-9-18-10)7-8-17-16(21)19-13-6-5-12-11(13)3-2-4-14(12)20/h2-4,9,13,20H,5-8H2,1H3,(H2,17,19,21). The van der Waals surface area contributed by atoms with E-state index in [0.29, 0.717) is 12.3 Å². The molecule has 0 spiro atoms. The van der Waals surface area contributed by atoms with Gasteiger partial charge in [0.05, 0.1) is 17.2 Å². The lowest BCUT2D eigenvalue weighted by Crippen LogP contribution is -2.38. The van der Waals surface area contributed by atoms with E-state index >= 15 is 0 Å². The summed E-state index contributed by atoms with van der Waals surface area (Å²) >= 11 is 1.62. The van der Waals surface area contributed by atoms with Crippen LogP contribution in [0.1, 0.15) is 34.2 Å². The van der Waals surface area contributed by atoms with E-state index in [1.807, 2.05) is 24.6 Å². The average molecular weight is 317 g/mol. The van der Waals surface area contributed by atoms with Crippen LogP contribution >= 0.6 is 11.3 Å². The number of amides is 2. The van der Waals surface area contributed by atoms with Crippen molar-refractivity contribution in [1.82, 2.24) is 15.6 Å². The number of aromatic nitrogens is 1. The Morgan fingerprint density at radius 3 is 3.14 bits per heavy atom. The van der Waals surface area contributed by atoms with Gasteiger partial charge >= 0.3 is 6.03 Å². The summed E-state index contributed by atoms with van der Waals surface area (Å²) in [6.45, 7) is 2.57. The van der Waals surface area contributed by atoms with Gasteiger partial charge in [0.2, 0.25) is 0 Å². The highest BCUT2D eigenvalue weighted by molar-refractivity contribution is 7.09. The lowest BCUT2D eigenvalue weighted by molar-refractivity contribution is 0.237. The van der Waals surface area contributed by atoms with E-state index in [2.05, 4.69) is 15.6 Å². The van der Waals surface area contributed by atoms with Crippen molar-refractivity contribution in [1.29, 1.82) is 0 Å². The summed E-state index contributed by atoms with van der Waals surface area (Å²) in [5, 5.41) is 15.7. The zero-order valence-electron chi connectivity index (χ0n) is 12.4. The number of aromatic hydroxyl groups is 1. The molecule has 116 valence electrons.